The summed E-state index contributed by atoms with van der Waals surface area (Å²) >= 11 is 0. The fourth-order valence-corrected chi connectivity index (χ4v) is 2.78. The highest BCUT2D eigenvalue weighted by Crippen LogP contribution is 2.32. The molecule has 1 aliphatic rings. The molecule has 2 unspecified atom stereocenters. The molecular weight excluding hydrogens is 252 g/mol. The molecule has 0 spiro atoms. The number of rotatable bonds is 5. The minimum absolute atomic E-state index is 0.103. The van der Waals surface area contributed by atoms with Crippen molar-refractivity contribution in [2.75, 3.05) is 13.6 Å². The fourth-order valence-electron chi connectivity index (χ4n) is 2.78. The van der Waals surface area contributed by atoms with Gasteiger partial charge in [0.15, 0.2) is 6.10 Å². The minimum Gasteiger partial charge on any atom is -0.481 e. The van der Waals surface area contributed by atoms with Gasteiger partial charge >= 0.3 is 0 Å². The van der Waals surface area contributed by atoms with Gasteiger partial charge in [0.05, 0.1) is 0 Å². The number of carbonyl (C=O) groups is 1. The standard InChI is InChI=1S/C16H24N2O2/c1-4-18-15-7-5-6-12-10-13(8-9-14(12)15)20-11(2)16(19)17-3/h8-11,15,18H,4-7H2,1-3H3,(H,17,19). The van der Waals surface area contributed by atoms with Gasteiger partial charge in [-0.05, 0) is 56.0 Å². The predicted octanol–water partition coefficient (Wildman–Crippen LogP) is 2.19. The Morgan fingerprint density at radius 1 is 1.50 bits per heavy atom. The Morgan fingerprint density at radius 2 is 2.30 bits per heavy atom. The first kappa shape index (κ1) is 14.9. The molecule has 1 aromatic carbocycles. The van der Waals surface area contributed by atoms with Crippen LogP contribution in [0.2, 0.25) is 0 Å². The van der Waals surface area contributed by atoms with Crippen LogP contribution in [0, 0.1) is 0 Å². The Bertz CT molecular complexity index is 474. The van der Waals surface area contributed by atoms with Crippen LogP contribution in [0.25, 0.3) is 0 Å². The second-order valence-electron chi connectivity index (χ2n) is 5.24. The van der Waals surface area contributed by atoms with Crippen molar-refractivity contribution in [3.8, 4) is 5.75 Å². The van der Waals surface area contributed by atoms with E-state index in [2.05, 4.69) is 29.7 Å². The van der Waals surface area contributed by atoms with Crippen LogP contribution in [-0.4, -0.2) is 25.6 Å². The van der Waals surface area contributed by atoms with Gasteiger partial charge in [0.25, 0.3) is 5.91 Å². The zero-order valence-corrected chi connectivity index (χ0v) is 12.5. The summed E-state index contributed by atoms with van der Waals surface area (Å²) in [4.78, 5) is 11.5. The molecule has 4 nitrogen and oxygen atoms in total. The molecule has 1 amide bonds. The molecule has 0 bridgehead atoms. The maximum atomic E-state index is 11.5. The third-order valence-corrected chi connectivity index (χ3v) is 3.81. The summed E-state index contributed by atoms with van der Waals surface area (Å²) in [5.74, 6) is 0.672. The topological polar surface area (TPSA) is 50.4 Å². The van der Waals surface area contributed by atoms with E-state index in [1.807, 2.05) is 6.07 Å². The number of hydrogen-bond donors (Lipinski definition) is 2. The number of hydrogen-bond acceptors (Lipinski definition) is 3. The Kier molecular flexibility index (Phi) is 5.01. The van der Waals surface area contributed by atoms with E-state index in [1.165, 1.54) is 24.0 Å². The van der Waals surface area contributed by atoms with E-state index >= 15 is 0 Å². The summed E-state index contributed by atoms with van der Waals surface area (Å²) in [6.07, 6.45) is 3.00. The fraction of sp³-hybridized carbons (Fsp3) is 0.562. The largest absolute Gasteiger partial charge is 0.481 e. The molecular formula is C16H24N2O2. The van der Waals surface area contributed by atoms with Crippen LogP contribution in [0.1, 0.15) is 43.9 Å². The molecule has 2 N–H and O–H groups in total. The summed E-state index contributed by atoms with van der Waals surface area (Å²) in [5, 5.41) is 6.12. The highest BCUT2D eigenvalue weighted by atomic mass is 16.5. The van der Waals surface area contributed by atoms with Gasteiger partial charge in [0, 0.05) is 13.1 Å². The molecule has 0 fully saturated rings. The summed E-state index contributed by atoms with van der Waals surface area (Å²) < 4.78 is 5.70. The van der Waals surface area contributed by atoms with E-state index in [1.54, 1.807) is 14.0 Å². The first-order chi connectivity index (χ1) is 9.65. The molecule has 110 valence electrons. The van der Waals surface area contributed by atoms with Crippen LogP contribution >= 0.6 is 0 Å². The number of fused-ring (bicyclic) bond motifs is 1. The van der Waals surface area contributed by atoms with Gasteiger partial charge in [0.2, 0.25) is 0 Å². The molecule has 2 atom stereocenters. The maximum Gasteiger partial charge on any atom is 0.260 e. The summed E-state index contributed by atoms with van der Waals surface area (Å²) in [5.41, 5.74) is 2.71. The molecule has 1 aliphatic carbocycles. The third-order valence-electron chi connectivity index (χ3n) is 3.81. The van der Waals surface area contributed by atoms with Crippen molar-refractivity contribution in [1.29, 1.82) is 0 Å². The van der Waals surface area contributed by atoms with Crippen molar-refractivity contribution >= 4 is 5.91 Å². The van der Waals surface area contributed by atoms with Crippen molar-refractivity contribution in [2.24, 2.45) is 0 Å². The van der Waals surface area contributed by atoms with E-state index in [-0.39, 0.29) is 5.91 Å². The molecule has 4 heteroatoms. The van der Waals surface area contributed by atoms with Gasteiger partial charge in [-0.25, -0.2) is 0 Å². The van der Waals surface area contributed by atoms with Crippen LogP contribution in [-0.2, 0) is 11.2 Å². The number of likely N-dealkylation sites (N-methyl/N-ethyl adjacent to an activating group) is 1. The summed E-state index contributed by atoms with van der Waals surface area (Å²) in [6.45, 7) is 4.88. The number of ether oxygens (including phenoxy) is 1. The first-order valence-electron chi connectivity index (χ1n) is 7.40. The Labute approximate surface area is 120 Å². The van der Waals surface area contributed by atoms with E-state index in [0.29, 0.717) is 6.04 Å². The average molecular weight is 276 g/mol. The van der Waals surface area contributed by atoms with Crippen molar-refractivity contribution < 1.29 is 9.53 Å². The monoisotopic (exact) mass is 276 g/mol. The van der Waals surface area contributed by atoms with Crippen molar-refractivity contribution in [1.82, 2.24) is 10.6 Å². The lowest BCUT2D eigenvalue weighted by molar-refractivity contribution is -0.126. The number of aryl methyl sites for hydroxylation is 1. The number of amides is 1. The molecule has 0 radical (unpaired) electrons. The van der Waals surface area contributed by atoms with Crippen LogP contribution in [0.5, 0.6) is 5.75 Å². The van der Waals surface area contributed by atoms with Gasteiger partial charge in [-0.2, -0.15) is 0 Å². The number of benzene rings is 1. The predicted molar refractivity (Wildman–Crippen MR) is 80.0 cm³/mol. The second kappa shape index (κ2) is 6.75. The van der Waals surface area contributed by atoms with Gasteiger partial charge in [-0.15, -0.1) is 0 Å². The molecule has 20 heavy (non-hydrogen) atoms. The SMILES string of the molecule is CCNC1CCCc2cc(OC(C)C(=O)NC)ccc21. The molecule has 0 saturated heterocycles. The van der Waals surface area contributed by atoms with Crippen LogP contribution in [0.3, 0.4) is 0 Å². The normalized spacial score (nSPS) is 19.1. The molecule has 2 rings (SSSR count). The Hall–Kier alpha value is -1.55. The third kappa shape index (κ3) is 3.31. The quantitative estimate of drug-likeness (QED) is 0.866. The summed E-state index contributed by atoms with van der Waals surface area (Å²) in [7, 11) is 1.62. The molecule has 1 aromatic rings. The lowest BCUT2D eigenvalue weighted by Gasteiger charge is -2.27. The van der Waals surface area contributed by atoms with E-state index in [4.69, 9.17) is 4.74 Å². The van der Waals surface area contributed by atoms with E-state index in [0.717, 1.165) is 18.7 Å². The zero-order valence-electron chi connectivity index (χ0n) is 12.5. The zero-order chi connectivity index (χ0) is 14.5. The Balaban J connectivity index is 2.13. The molecule has 0 saturated carbocycles. The van der Waals surface area contributed by atoms with Gasteiger partial charge in [0.1, 0.15) is 5.75 Å². The van der Waals surface area contributed by atoms with Gasteiger partial charge in [-0.1, -0.05) is 13.0 Å². The van der Waals surface area contributed by atoms with E-state index in [9.17, 15) is 4.79 Å². The van der Waals surface area contributed by atoms with Crippen molar-refractivity contribution in [3.05, 3.63) is 29.3 Å². The number of nitrogens with one attached hydrogen (secondary N) is 2. The van der Waals surface area contributed by atoms with Crippen molar-refractivity contribution in [3.63, 3.8) is 0 Å². The Morgan fingerprint density at radius 3 is 3.00 bits per heavy atom. The average Bonchev–Trinajstić information content (AvgIpc) is 2.46. The molecule has 0 aliphatic heterocycles. The minimum atomic E-state index is -0.466. The lowest BCUT2D eigenvalue weighted by atomic mass is 9.87. The smallest absolute Gasteiger partial charge is 0.260 e. The molecule has 0 heterocycles. The van der Waals surface area contributed by atoms with Gasteiger partial charge in [-0.3, -0.25) is 4.79 Å². The van der Waals surface area contributed by atoms with Crippen LogP contribution in [0.4, 0.5) is 0 Å². The number of carbonyl (C=O) groups excluding carboxylic acids is 1. The highest BCUT2D eigenvalue weighted by Gasteiger charge is 2.20. The second-order valence-corrected chi connectivity index (χ2v) is 5.24. The molecule has 0 aromatic heterocycles. The highest BCUT2D eigenvalue weighted by molar-refractivity contribution is 5.80. The van der Waals surface area contributed by atoms with Crippen molar-refractivity contribution in [2.45, 2.75) is 45.3 Å². The van der Waals surface area contributed by atoms with Crippen LogP contribution < -0.4 is 15.4 Å². The summed E-state index contributed by atoms with van der Waals surface area (Å²) in [6, 6.07) is 6.63. The van der Waals surface area contributed by atoms with E-state index < -0.39 is 6.10 Å². The first-order valence-corrected chi connectivity index (χ1v) is 7.40. The lowest BCUT2D eigenvalue weighted by Crippen LogP contribution is -2.33. The maximum absolute atomic E-state index is 11.5. The van der Waals surface area contributed by atoms with Crippen LogP contribution in [0.15, 0.2) is 18.2 Å². The van der Waals surface area contributed by atoms with Gasteiger partial charge < -0.3 is 15.4 Å².